The van der Waals surface area contributed by atoms with Crippen LogP contribution in [0.4, 0.5) is 0 Å². The molecule has 184 valence electrons. The number of benzene rings is 3. The SMILES string of the molecule is CC1(OC(=O)COc2ccc([S+](c3ccc(I)cc3)c3ccc(I)cc3)cc2)C2CC3CC34CC1C24. The summed E-state index contributed by atoms with van der Waals surface area (Å²) in [5, 5.41) is 0. The second-order valence-corrected chi connectivity index (χ2v) is 15.5. The molecule has 0 saturated heterocycles. The van der Waals surface area contributed by atoms with Gasteiger partial charge in [-0.15, -0.1) is 0 Å². The molecule has 3 nitrogen and oxygen atoms in total. The summed E-state index contributed by atoms with van der Waals surface area (Å²) in [6.45, 7) is 2.13. The van der Waals surface area contributed by atoms with Gasteiger partial charge in [0.1, 0.15) is 11.4 Å². The minimum absolute atomic E-state index is 0.0342. The fourth-order valence-electron chi connectivity index (χ4n) is 7.52. The molecule has 0 aliphatic heterocycles. The first-order valence-electron chi connectivity index (χ1n) is 12.6. The minimum atomic E-state index is -0.261. The predicted octanol–water partition coefficient (Wildman–Crippen LogP) is 7.35. The lowest BCUT2D eigenvalue weighted by molar-refractivity contribution is -0.266. The molecular weight excluding hydrogens is 694 g/mol. The summed E-state index contributed by atoms with van der Waals surface area (Å²) in [7, 11) is -0.215. The Morgan fingerprint density at radius 1 is 0.861 bits per heavy atom. The summed E-state index contributed by atoms with van der Waals surface area (Å²) in [5.74, 6) is 3.38. The quantitative estimate of drug-likeness (QED) is 0.146. The average Bonchev–Trinajstić information content (AvgIpc) is 3.56. The van der Waals surface area contributed by atoms with Gasteiger partial charge in [-0.2, -0.15) is 0 Å². The van der Waals surface area contributed by atoms with E-state index in [2.05, 4.69) is 113 Å². The molecule has 1 spiro atoms. The first-order chi connectivity index (χ1) is 17.4. The number of halogens is 2. The zero-order valence-corrected chi connectivity index (χ0v) is 25.1. The smallest absolute Gasteiger partial charge is 0.344 e. The summed E-state index contributed by atoms with van der Waals surface area (Å²) in [6, 6.07) is 25.7. The minimum Gasteiger partial charge on any atom is -0.482 e. The molecule has 6 unspecified atom stereocenters. The number of hydrogen-bond acceptors (Lipinski definition) is 3. The second kappa shape index (κ2) is 8.63. The van der Waals surface area contributed by atoms with Gasteiger partial charge in [0.05, 0.1) is 10.9 Å². The molecule has 0 N–H and O–H groups in total. The molecule has 7 rings (SSSR count). The first-order valence-corrected chi connectivity index (χ1v) is 16.0. The Morgan fingerprint density at radius 2 is 1.42 bits per heavy atom. The van der Waals surface area contributed by atoms with E-state index < -0.39 is 0 Å². The fraction of sp³-hybridized carbons (Fsp3) is 0.367. The highest BCUT2D eigenvalue weighted by atomic mass is 127. The Bertz CT molecular complexity index is 1280. The number of ether oxygens (including phenoxy) is 2. The van der Waals surface area contributed by atoms with Gasteiger partial charge in [0.2, 0.25) is 0 Å². The van der Waals surface area contributed by atoms with Gasteiger partial charge in [0.25, 0.3) is 0 Å². The maximum absolute atomic E-state index is 12.7. The van der Waals surface area contributed by atoms with Crippen molar-refractivity contribution >= 4 is 62.0 Å². The molecule has 0 heterocycles. The highest BCUT2D eigenvalue weighted by molar-refractivity contribution is 14.1. The van der Waals surface area contributed by atoms with Gasteiger partial charge in [-0.25, -0.2) is 4.79 Å². The van der Waals surface area contributed by atoms with Crippen molar-refractivity contribution in [2.45, 2.75) is 46.5 Å². The highest BCUT2D eigenvalue weighted by Crippen LogP contribution is 2.88. The van der Waals surface area contributed by atoms with E-state index >= 15 is 0 Å². The summed E-state index contributed by atoms with van der Waals surface area (Å²) < 4.78 is 14.4. The Kier molecular flexibility index (Phi) is 5.71. The van der Waals surface area contributed by atoms with Crippen LogP contribution in [0.25, 0.3) is 0 Å². The Labute approximate surface area is 242 Å². The molecule has 0 bridgehead atoms. The van der Waals surface area contributed by atoms with Crippen molar-refractivity contribution in [3.05, 3.63) is 79.9 Å². The summed E-state index contributed by atoms with van der Waals surface area (Å²) in [4.78, 5) is 16.5. The van der Waals surface area contributed by atoms with Crippen LogP contribution >= 0.6 is 45.2 Å². The number of hydrogen-bond donors (Lipinski definition) is 0. The highest BCUT2D eigenvalue weighted by Gasteiger charge is 2.86. The van der Waals surface area contributed by atoms with Gasteiger partial charge in [-0.3, -0.25) is 0 Å². The monoisotopic (exact) mass is 721 g/mol. The van der Waals surface area contributed by atoms with Crippen molar-refractivity contribution < 1.29 is 14.3 Å². The summed E-state index contributed by atoms with van der Waals surface area (Å²) >= 11 is 4.69. The largest absolute Gasteiger partial charge is 0.482 e. The van der Waals surface area contributed by atoms with Crippen molar-refractivity contribution in [2.75, 3.05) is 6.61 Å². The van der Waals surface area contributed by atoms with Crippen LogP contribution < -0.4 is 4.74 Å². The molecule has 6 heteroatoms. The number of esters is 1. The molecule has 0 aromatic heterocycles. The normalized spacial score (nSPS) is 32.7. The van der Waals surface area contributed by atoms with E-state index in [-0.39, 0.29) is 29.1 Å². The van der Waals surface area contributed by atoms with Crippen molar-refractivity contribution in [1.82, 2.24) is 0 Å². The molecule has 36 heavy (non-hydrogen) atoms. The molecule has 4 fully saturated rings. The lowest BCUT2D eigenvalue weighted by Gasteiger charge is -2.66. The van der Waals surface area contributed by atoms with Crippen LogP contribution in [0.2, 0.25) is 0 Å². The van der Waals surface area contributed by atoms with Crippen molar-refractivity contribution in [3.63, 3.8) is 0 Å². The average molecular weight is 721 g/mol. The summed E-state index contributed by atoms with van der Waals surface area (Å²) in [5.41, 5.74) is 0.414. The van der Waals surface area contributed by atoms with Crippen LogP contribution in [0.5, 0.6) is 5.75 Å². The molecule has 0 radical (unpaired) electrons. The topological polar surface area (TPSA) is 35.5 Å². The molecule has 4 saturated carbocycles. The van der Waals surface area contributed by atoms with Crippen LogP contribution in [0.1, 0.15) is 26.2 Å². The molecule has 3 aromatic rings. The number of carbonyl (C=O) groups excluding carboxylic acids is 1. The molecule has 4 aliphatic rings. The molecule has 0 amide bonds. The summed E-state index contributed by atoms with van der Waals surface area (Å²) in [6.07, 6.45) is 3.97. The van der Waals surface area contributed by atoms with E-state index in [0.29, 0.717) is 23.0 Å². The zero-order chi connectivity index (χ0) is 24.7. The first kappa shape index (κ1) is 23.8. The third-order valence-electron chi connectivity index (χ3n) is 9.27. The Morgan fingerprint density at radius 3 is 2.00 bits per heavy atom. The Balaban J connectivity index is 1.03. The van der Waals surface area contributed by atoms with E-state index in [4.69, 9.17) is 9.47 Å². The lowest BCUT2D eigenvalue weighted by atomic mass is 9.41. The standard InChI is InChI=1S/C30H27I2O3S/c1-29(25-14-18-15-30(18)16-26(29)28(25)30)35-27(33)17-34-21-6-12-24(13-7-21)36(22-8-2-19(31)3-9-22)23-10-4-20(32)5-11-23/h2-13,18,25-26,28H,14-17H2,1H3/q+1. The maximum Gasteiger partial charge on any atom is 0.344 e. The van der Waals surface area contributed by atoms with E-state index in [0.717, 1.165) is 11.8 Å². The van der Waals surface area contributed by atoms with Crippen LogP contribution in [-0.4, -0.2) is 18.2 Å². The van der Waals surface area contributed by atoms with E-state index in [9.17, 15) is 4.79 Å². The van der Waals surface area contributed by atoms with Gasteiger partial charge in [-0.05, 0) is 161 Å². The van der Waals surface area contributed by atoms with Crippen molar-refractivity contribution in [3.8, 4) is 5.75 Å². The van der Waals surface area contributed by atoms with Gasteiger partial charge in [0.15, 0.2) is 21.3 Å². The zero-order valence-electron chi connectivity index (χ0n) is 20.0. The number of rotatable bonds is 7. The Hall–Kier alpha value is -1.26. The van der Waals surface area contributed by atoms with E-state index in [1.807, 2.05) is 12.1 Å². The number of carbonyl (C=O) groups is 1. The van der Waals surface area contributed by atoms with Crippen LogP contribution in [0.3, 0.4) is 0 Å². The van der Waals surface area contributed by atoms with Gasteiger partial charge < -0.3 is 9.47 Å². The van der Waals surface area contributed by atoms with Crippen LogP contribution in [-0.2, 0) is 20.4 Å². The van der Waals surface area contributed by atoms with Crippen molar-refractivity contribution in [1.29, 1.82) is 0 Å². The molecule has 4 aliphatic carbocycles. The third-order valence-corrected chi connectivity index (χ3v) is 12.9. The fourth-order valence-corrected chi connectivity index (χ4v) is 10.3. The van der Waals surface area contributed by atoms with E-state index in [1.165, 1.54) is 41.1 Å². The van der Waals surface area contributed by atoms with Crippen LogP contribution in [0.15, 0.2) is 87.5 Å². The molecule has 6 atom stereocenters. The maximum atomic E-state index is 12.7. The lowest BCUT2D eigenvalue weighted by Crippen LogP contribution is -2.69. The van der Waals surface area contributed by atoms with Crippen LogP contribution in [0, 0.1) is 36.2 Å². The van der Waals surface area contributed by atoms with Crippen molar-refractivity contribution in [2.24, 2.45) is 29.1 Å². The predicted molar refractivity (Wildman–Crippen MR) is 157 cm³/mol. The van der Waals surface area contributed by atoms with Gasteiger partial charge in [-0.1, -0.05) is 0 Å². The third kappa shape index (κ3) is 3.67. The van der Waals surface area contributed by atoms with Gasteiger partial charge >= 0.3 is 5.97 Å². The molecular formula is C30H27I2O3S+. The van der Waals surface area contributed by atoms with Gasteiger partial charge in [0, 0.05) is 19.0 Å². The molecule has 3 aromatic carbocycles. The van der Waals surface area contributed by atoms with E-state index in [1.54, 1.807) is 0 Å². The second-order valence-electron chi connectivity index (χ2n) is 10.9.